The van der Waals surface area contributed by atoms with Crippen LogP contribution < -0.4 is 10.6 Å². The number of aromatic nitrogens is 1. The van der Waals surface area contributed by atoms with Gasteiger partial charge in [-0.3, -0.25) is 0 Å². The molecule has 2 rings (SSSR count). The number of hydrogen-bond donors (Lipinski definition) is 2. The Hall–Kier alpha value is -2.41. The van der Waals surface area contributed by atoms with Crippen LogP contribution in [-0.4, -0.2) is 36.7 Å². The Morgan fingerprint density at radius 3 is 2.67 bits per heavy atom. The minimum Gasteiger partial charge on any atom is -0.359 e. The summed E-state index contributed by atoms with van der Waals surface area (Å²) in [6.07, 6.45) is 0. The molecule has 1 aromatic carbocycles. The van der Waals surface area contributed by atoms with Gasteiger partial charge in [0.25, 0.3) is 0 Å². The second-order valence-electron chi connectivity index (χ2n) is 7.09. The van der Waals surface area contributed by atoms with Crippen LogP contribution in [0.15, 0.2) is 33.8 Å². The fraction of sp³-hybridized carbons (Fsp3) is 0.500. The third kappa shape index (κ3) is 6.67. The zero-order chi connectivity index (χ0) is 19.8. The van der Waals surface area contributed by atoms with E-state index in [1.165, 1.54) is 6.07 Å². The van der Waals surface area contributed by atoms with Crippen LogP contribution in [0.1, 0.15) is 49.3 Å². The van der Waals surface area contributed by atoms with Gasteiger partial charge in [0.05, 0.1) is 18.8 Å². The lowest BCUT2D eigenvalue weighted by Crippen LogP contribution is -2.36. The molecule has 0 spiro atoms. The molecule has 0 amide bonds. The molecule has 148 valence electrons. The van der Waals surface area contributed by atoms with E-state index in [4.69, 9.17) is 4.52 Å². The second-order valence-corrected chi connectivity index (χ2v) is 7.09. The third-order valence-corrected chi connectivity index (χ3v) is 3.96. The molecule has 0 aliphatic heterocycles. The van der Waals surface area contributed by atoms with E-state index in [-0.39, 0.29) is 5.82 Å². The van der Waals surface area contributed by atoms with Crippen LogP contribution in [0.25, 0.3) is 0 Å². The average molecular weight is 375 g/mol. The van der Waals surface area contributed by atoms with Crippen LogP contribution in [0.2, 0.25) is 0 Å². The Balaban J connectivity index is 2.01. The predicted octanol–water partition coefficient (Wildman–Crippen LogP) is 3.25. The van der Waals surface area contributed by atoms with E-state index >= 15 is 0 Å². The quantitative estimate of drug-likeness (QED) is 0.548. The Morgan fingerprint density at radius 2 is 2.04 bits per heavy atom. The summed E-state index contributed by atoms with van der Waals surface area (Å²) in [6.45, 7) is 8.43. The van der Waals surface area contributed by atoms with Gasteiger partial charge in [-0.2, -0.15) is 0 Å². The van der Waals surface area contributed by atoms with Crippen molar-refractivity contribution in [3.63, 3.8) is 0 Å². The Morgan fingerprint density at radius 1 is 1.26 bits per heavy atom. The van der Waals surface area contributed by atoms with Gasteiger partial charge >= 0.3 is 0 Å². The van der Waals surface area contributed by atoms with Gasteiger partial charge < -0.3 is 20.1 Å². The normalized spacial score (nSPS) is 12.1. The van der Waals surface area contributed by atoms with E-state index in [1.807, 2.05) is 38.1 Å². The van der Waals surface area contributed by atoms with Crippen molar-refractivity contribution in [3.8, 4) is 0 Å². The Kier molecular flexibility index (Phi) is 7.79. The van der Waals surface area contributed by atoms with Gasteiger partial charge in [-0.05, 0) is 44.6 Å². The molecule has 0 saturated heterocycles. The van der Waals surface area contributed by atoms with Crippen LogP contribution in [0.4, 0.5) is 4.39 Å². The van der Waals surface area contributed by atoms with Gasteiger partial charge in [-0.25, -0.2) is 9.38 Å². The van der Waals surface area contributed by atoms with E-state index in [2.05, 4.69) is 34.6 Å². The van der Waals surface area contributed by atoms with Crippen LogP contribution in [0, 0.1) is 5.82 Å². The molecular weight excluding hydrogens is 345 g/mol. The molecule has 7 heteroatoms. The average Bonchev–Trinajstić information content (AvgIpc) is 3.09. The van der Waals surface area contributed by atoms with Crippen molar-refractivity contribution in [1.82, 2.24) is 20.7 Å². The number of nitrogens with zero attached hydrogens (tertiary/aromatic N) is 3. The predicted molar refractivity (Wildman–Crippen MR) is 106 cm³/mol. The van der Waals surface area contributed by atoms with E-state index < -0.39 is 0 Å². The molecule has 0 bridgehead atoms. The van der Waals surface area contributed by atoms with Crippen molar-refractivity contribution >= 4 is 5.96 Å². The van der Waals surface area contributed by atoms with Crippen molar-refractivity contribution in [2.75, 3.05) is 20.6 Å². The van der Waals surface area contributed by atoms with Crippen LogP contribution >= 0.6 is 0 Å². The fourth-order valence-electron chi connectivity index (χ4n) is 2.56. The topological polar surface area (TPSA) is 65.7 Å². The van der Waals surface area contributed by atoms with Crippen molar-refractivity contribution < 1.29 is 8.91 Å². The molecule has 2 N–H and O–H groups in total. The highest BCUT2D eigenvalue weighted by atomic mass is 19.1. The van der Waals surface area contributed by atoms with Crippen molar-refractivity contribution in [3.05, 3.63) is 52.7 Å². The maximum Gasteiger partial charge on any atom is 0.191 e. The number of nitrogens with one attached hydrogen (secondary N) is 2. The lowest BCUT2D eigenvalue weighted by atomic mass is 10.1. The standard InChI is InChI=1S/C20H30FN5O/c1-6-22-20(24-12-17-10-19(14(2)3)25-27-17)23-11-15-7-8-18(21)16(9-15)13-26(4)5/h7-10,14H,6,11-13H2,1-5H3,(H2,22,23,24). The first-order chi connectivity index (χ1) is 12.9. The number of halogens is 1. The minimum absolute atomic E-state index is 0.187. The lowest BCUT2D eigenvalue weighted by Gasteiger charge is -2.12. The number of hydrogen-bond acceptors (Lipinski definition) is 4. The number of aliphatic imine (C=N–C) groups is 1. The molecular formula is C20H30FN5O. The molecule has 2 aromatic rings. The van der Waals surface area contributed by atoms with Crippen LogP contribution in [-0.2, 0) is 19.6 Å². The SMILES string of the molecule is CCNC(=NCc1ccc(F)c(CN(C)C)c1)NCc1cc(C(C)C)no1. The summed E-state index contributed by atoms with van der Waals surface area (Å²) in [4.78, 5) is 6.53. The smallest absolute Gasteiger partial charge is 0.191 e. The summed E-state index contributed by atoms with van der Waals surface area (Å²) in [7, 11) is 3.84. The van der Waals surface area contributed by atoms with Crippen molar-refractivity contribution in [2.45, 2.75) is 46.3 Å². The highest BCUT2D eigenvalue weighted by molar-refractivity contribution is 5.79. The van der Waals surface area contributed by atoms with Crippen LogP contribution in [0.3, 0.4) is 0 Å². The fourth-order valence-corrected chi connectivity index (χ4v) is 2.56. The summed E-state index contributed by atoms with van der Waals surface area (Å²) in [5.74, 6) is 1.59. The first kappa shape index (κ1) is 20.9. The molecule has 0 unspecified atom stereocenters. The molecule has 1 aromatic heterocycles. The summed E-state index contributed by atoms with van der Waals surface area (Å²) >= 11 is 0. The second kappa shape index (κ2) is 10.1. The summed E-state index contributed by atoms with van der Waals surface area (Å²) in [5.41, 5.74) is 2.58. The van der Waals surface area contributed by atoms with E-state index in [0.717, 1.165) is 23.6 Å². The third-order valence-electron chi connectivity index (χ3n) is 3.96. The molecule has 0 radical (unpaired) electrons. The lowest BCUT2D eigenvalue weighted by molar-refractivity contribution is 0.372. The Bertz CT molecular complexity index is 755. The maximum atomic E-state index is 13.9. The zero-order valence-electron chi connectivity index (χ0n) is 16.8. The van der Waals surface area contributed by atoms with Crippen molar-refractivity contribution in [2.24, 2.45) is 4.99 Å². The van der Waals surface area contributed by atoms with Gasteiger partial charge in [0.15, 0.2) is 11.7 Å². The monoisotopic (exact) mass is 375 g/mol. The summed E-state index contributed by atoms with van der Waals surface area (Å²) in [6, 6.07) is 7.10. The zero-order valence-corrected chi connectivity index (χ0v) is 16.8. The number of rotatable bonds is 8. The summed E-state index contributed by atoms with van der Waals surface area (Å²) in [5, 5.41) is 10.5. The van der Waals surface area contributed by atoms with E-state index in [9.17, 15) is 4.39 Å². The molecule has 6 nitrogen and oxygen atoms in total. The molecule has 0 aliphatic carbocycles. The van der Waals surface area contributed by atoms with Gasteiger partial charge in [-0.1, -0.05) is 25.1 Å². The number of guanidine groups is 1. The molecule has 1 heterocycles. The van der Waals surface area contributed by atoms with Crippen molar-refractivity contribution in [1.29, 1.82) is 0 Å². The van der Waals surface area contributed by atoms with Crippen LogP contribution in [0.5, 0.6) is 0 Å². The summed E-state index contributed by atoms with van der Waals surface area (Å²) < 4.78 is 19.3. The van der Waals surface area contributed by atoms with Gasteiger partial charge in [0.1, 0.15) is 5.82 Å². The largest absolute Gasteiger partial charge is 0.359 e. The minimum atomic E-state index is -0.187. The molecule has 0 atom stereocenters. The van der Waals surface area contributed by atoms with E-state index in [0.29, 0.717) is 37.1 Å². The Labute approximate surface area is 160 Å². The molecule has 0 saturated carbocycles. The first-order valence-electron chi connectivity index (χ1n) is 9.28. The molecule has 0 aliphatic rings. The molecule has 27 heavy (non-hydrogen) atoms. The van der Waals surface area contributed by atoms with Gasteiger partial charge in [0, 0.05) is 24.7 Å². The highest BCUT2D eigenvalue weighted by Gasteiger charge is 2.09. The van der Waals surface area contributed by atoms with E-state index in [1.54, 1.807) is 6.07 Å². The number of benzene rings is 1. The van der Waals surface area contributed by atoms with Gasteiger partial charge in [-0.15, -0.1) is 0 Å². The first-order valence-corrected chi connectivity index (χ1v) is 9.28. The van der Waals surface area contributed by atoms with Gasteiger partial charge in [0.2, 0.25) is 0 Å². The maximum absolute atomic E-state index is 13.9. The molecule has 0 fully saturated rings. The highest BCUT2D eigenvalue weighted by Crippen LogP contribution is 2.14.